The van der Waals surface area contributed by atoms with E-state index in [-0.39, 0.29) is 0 Å². The molecule has 0 aliphatic rings. The topological polar surface area (TPSA) is 23.9 Å². The van der Waals surface area contributed by atoms with Crippen molar-refractivity contribution in [3.8, 4) is 0 Å². The highest BCUT2D eigenvalue weighted by Gasteiger charge is 2.07. The van der Waals surface area contributed by atoms with Gasteiger partial charge in [-0.25, -0.2) is 0 Å². The predicted molar refractivity (Wildman–Crippen MR) is 65.0 cm³/mol. The van der Waals surface area contributed by atoms with Crippen molar-refractivity contribution in [2.45, 2.75) is 40.5 Å². The van der Waals surface area contributed by atoms with Crippen molar-refractivity contribution >= 4 is 5.71 Å². The van der Waals surface area contributed by atoms with Crippen LogP contribution in [0.25, 0.3) is 0 Å². The molecule has 0 unspecified atom stereocenters. The third-order valence-corrected chi connectivity index (χ3v) is 2.28. The quantitative estimate of drug-likeness (QED) is 0.495. The molecule has 1 nitrogen and oxygen atoms in total. The van der Waals surface area contributed by atoms with E-state index < -0.39 is 0 Å². The summed E-state index contributed by atoms with van der Waals surface area (Å²) in [5.74, 6) is 0. The molecule has 14 heavy (non-hydrogen) atoms. The fourth-order valence-corrected chi connectivity index (χ4v) is 1.46. The lowest BCUT2D eigenvalue weighted by Gasteiger charge is -2.12. The zero-order valence-corrected chi connectivity index (χ0v) is 9.78. The van der Waals surface area contributed by atoms with Gasteiger partial charge in [0.05, 0.1) is 0 Å². The van der Waals surface area contributed by atoms with E-state index in [1.165, 1.54) is 5.57 Å². The minimum atomic E-state index is 0.550. The lowest BCUT2D eigenvalue weighted by molar-refractivity contribution is 0.913. The van der Waals surface area contributed by atoms with Crippen molar-refractivity contribution in [3.05, 3.63) is 35.5 Å². The highest BCUT2D eigenvalue weighted by atomic mass is 14.4. The Morgan fingerprint density at radius 3 is 2.14 bits per heavy atom. The van der Waals surface area contributed by atoms with Crippen LogP contribution < -0.4 is 0 Å². The van der Waals surface area contributed by atoms with Gasteiger partial charge < -0.3 is 5.41 Å². The Morgan fingerprint density at radius 2 is 1.86 bits per heavy atom. The van der Waals surface area contributed by atoms with Crippen LogP contribution in [0.5, 0.6) is 0 Å². The van der Waals surface area contributed by atoms with Gasteiger partial charge in [0, 0.05) is 5.71 Å². The van der Waals surface area contributed by atoms with E-state index in [1.807, 2.05) is 19.9 Å². The molecule has 78 valence electrons. The molecule has 1 N–H and O–H groups in total. The zero-order valence-electron chi connectivity index (χ0n) is 9.78. The number of hydrogen-bond acceptors (Lipinski definition) is 1. The first-order valence-electron chi connectivity index (χ1n) is 5.15. The lowest BCUT2D eigenvalue weighted by atomic mass is 9.93. The standard InChI is InChI=1S/C13H21N/c1-6-9-12(7-2)13(8-3)10(4)11(5)14/h7-8,14H,4,6,9H2,1-3,5H3/b12-7-,13-8-,14-11?. The van der Waals surface area contributed by atoms with Crippen molar-refractivity contribution < 1.29 is 0 Å². The van der Waals surface area contributed by atoms with Crippen molar-refractivity contribution in [2.75, 3.05) is 0 Å². The Hall–Kier alpha value is -1.11. The third-order valence-electron chi connectivity index (χ3n) is 2.28. The highest BCUT2D eigenvalue weighted by molar-refractivity contribution is 6.00. The minimum absolute atomic E-state index is 0.550. The van der Waals surface area contributed by atoms with Gasteiger partial charge in [0.1, 0.15) is 0 Å². The monoisotopic (exact) mass is 191 g/mol. The van der Waals surface area contributed by atoms with Gasteiger partial charge in [-0.1, -0.05) is 32.1 Å². The first kappa shape index (κ1) is 12.9. The van der Waals surface area contributed by atoms with Crippen LogP contribution in [0.1, 0.15) is 40.5 Å². The zero-order chi connectivity index (χ0) is 11.1. The van der Waals surface area contributed by atoms with E-state index in [9.17, 15) is 0 Å². The normalized spacial score (nSPS) is 12.9. The van der Waals surface area contributed by atoms with Gasteiger partial charge in [-0.15, -0.1) is 0 Å². The second kappa shape index (κ2) is 6.36. The Balaban J connectivity index is 4.90. The molecule has 0 heterocycles. The Kier molecular flexibility index (Phi) is 5.86. The Morgan fingerprint density at radius 1 is 1.29 bits per heavy atom. The van der Waals surface area contributed by atoms with Crippen molar-refractivity contribution in [1.82, 2.24) is 0 Å². The molecule has 0 aromatic heterocycles. The largest absolute Gasteiger partial charge is 0.305 e. The summed E-state index contributed by atoms with van der Waals surface area (Å²) in [6.07, 6.45) is 6.35. The average molecular weight is 191 g/mol. The Labute approximate surface area is 87.7 Å². The molecule has 0 spiro atoms. The van der Waals surface area contributed by atoms with Gasteiger partial charge in [0.2, 0.25) is 0 Å². The van der Waals surface area contributed by atoms with Gasteiger partial charge in [-0.05, 0) is 43.9 Å². The second-order valence-electron chi connectivity index (χ2n) is 3.37. The Bertz CT molecular complexity index is 280. The van der Waals surface area contributed by atoms with E-state index in [4.69, 9.17) is 5.41 Å². The summed E-state index contributed by atoms with van der Waals surface area (Å²) in [6, 6.07) is 0. The molecule has 0 saturated carbocycles. The molecule has 0 aliphatic carbocycles. The molecule has 0 aromatic carbocycles. The summed E-state index contributed by atoms with van der Waals surface area (Å²) in [7, 11) is 0. The molecule has 0 fully saturated rings. The van der Waals surface area contributed by atoms with E-state index in [0.717, 1.165) is 24.0 Å². The maximum Gasteiger partial charge on any atom is 0.0355 e. The molecule has 0 rings (SSSR count). The molecule has 0 bridgehead atoms. The van der Waals surface area contributed by atoms with E-state index in [1.54, 1.807) is 6.92 Å². The number of hydrogen-bond donors (Lipinski definition) is 1. The molecular weight excluding hydrogens is 170 g/mol. The van der Waals surface area contributed by atoms with Crippen LogP contribution >= 0.6 is 0 Å². The third kappa shape index (κ3) is 3.33. The molecule has 0 atom stereocenters. The molecule has 0 aromatic rings. The summed E-state index contributed by atoms with van der Waals surface area (Å²) in [5.41, 5.74) is 3.82. The van der Waals surface area contributed by atoms with E-state index >= 15 is 0 Å². The van der Waals surface area contributed by atoms with Crippen LogP contribution in [0.2, 0.25) is 0 Å². The van der Waals surface area contributed by atoms with Crippen LogP contribution in [0.15, 0.2) is 35.5 Å². The van der Waals surface area contributed by atoms with E-state index in [0.29, 0.717) is 5.71 Å². The molecule has 0 amide bonds. The van der Waals surface area contributed by atoms with Crippen molar-refractivity contribution in [2.24, 2.45) is 0 Å². The molecule has 0 saturated heterocycles. The highest BCUT2D eigenvalue weighted by Crippen LogP contribution is 2.22. The summed E-state index contributed by atoms with van der Waals surface area (Å²) < 4.78 is 0. The maximum absolute atomic E-state index is 7.57. The van der Waals surface area contributed by atoms with Gasteiger partial charge in [0.15, 0.2) is 0 Å². The minimum Gasteiger partial charge on any atom is -0.305 e. The number of rotatable bonds is 5. The fraction of sp³-hybridized carbons (Fsp3) is 0.462. The lowest BCUT2D eigenvalue weighted by Crippen LogP contribution is -2.00. The van der Waals surface area contributed by atoms with Crippen LogP contribution in [0, 0.1) is 5.41 Å². The van der Waals surface area contributed by atoms with Gasteiger partial charge in [-0.2, -0.15) is 0 Å². The SMILES string of the molecule is C=C(C(C)=N)C(=C/C)/C(=C\C)CCC. The molecule has 0 radical (unpaired) electrons. The van der Waals surface area contributed by atoms with Crippen molar-refractivity contribution in [3.63, 3.8) is 0 Å². The van der Waals surface area contributed by atoms with Gasteiger partial charge in [0.25, 0.3) is 0 Å². The summed E-state index contributed by atoms with van der Waals surface area (Å²) in [5, 5.41) is 7.57. The fourth-order valence-electron chi connectivity index (χ4n) is 1.46. The van der Waals surface area contributed by atoms with Crippen LogP contribution in [0.4, 0.5) is 0 Å². The maximum atomic E-state index is 7.57. The molecule has 0 aliphatic heterocycles. The van der Waals surface area contributed by atoms with Crippen LogP contribution in [-0.4, -0.2) is 5.71 Å². The van der Waals surface area contributed by atoms with Crippen LogP contribution in [0.3, 0.4) is 0 Å². The van der Waals surface area contributed by atoms with E-state index in [2.05, 4.69) is 19.6 Å². The predicted octanol–water partition coefficient (Wildman–Crippen LogP) is 4.27. The van der Waals surface area contributed by atoms with Crippen molar-refractivity contribution in [1.29, 1.82) is 5.41 Å². The summed E-state index contributed by atoms with van der Waals surface area (Å²) >= 11 is 0. The summed E-state index contributed by atoms with van der Waals surface area (Å²) in [4.78, 5) is 0. The second-order valence-corrected chi connectivity index (χ2v) is 3.37. The summed E-state index contributed by atoms with van der Waals surface area (Å²) in [6.45, 7) is 11.9. The average Bonchev–Trinajstić information content (AvgIpc) is 2.17. The molecular formula is C13H21N. The number of allylic oxidation sites excluding steroid dienone is 5. The smallest absolute Gasteiger partial charge is 0.0355 e. The first-order chi connectivity index (χ1) is 6.58. The first-order valence-corrected chi connectivity index (χ1v) is 5.15. The van der Waals surface area contributed by atoms with Gasteiger partial charge in [-0.3, -0.25) is 0 Å². The molecule has 1 heteroatoms. The number of nitrogens with one attached hydrogen (secondary N) is 1. The van der Waals surface area contributed by atoms with Gasteiger partial charge >= 0.3 is 0 Å². The van der Waals surface area contributed by atoms with Crippen LogP contribution in [-0.2, 0) is 0 Å².